The maximum atomic E-state index is 13.5. The summed E-state index contributed by atoms with van der Waals surface area (Å²) in [5.74, 6) is -0.125. The highest BCUT2D eigenvalue weighted by Crippen LogP contribution is 2.26. The van der Waals surface area contributed by atoms with E-state index in [9.17, 15) is 9.18 Å². The first-order valence-corrected chi connectivity index (χ1v) is 7.53. The van der Waals surface area contributed by atoms with E-state index in [1.807, 2.05) is 17.9 Å². The number of rotatable bonds is 4. The molecular weight excluding hydrogens is 269 g/mol. The number of nitrogens with two attached hydrogens (primary N) is 1. The molecule has 21 heavy (non-hydrogen) atoms. The van der Waals surface area contributed by atoms with Crippen LogP contribution in [0.3, 0.4) is 0 Å². The zero-order chi connectivity index (χ0) is 15.4. The van der Waals surface area contributed by atoms with E-state index in [0.717, 1.165) is 25.1 Å². The molecular formula is C16H24FN3O. The van der Waals surface area contributed by atoms with E-state index in [1.54, 1.807) is 19.1 Å². The Labute approximate surface area is 125 Å². The van der Waals surface area contributed by atoms with Crippen molar-refractivity contribution in [3.8, 4) is 0 Å². The number of amides is 1. The highest BCUT2D eigenvalue weighted by atomic mass is 19.1. The lowest BCUT2D eigenvalue weighted by atomic mass is 9.95. The number of halogens is 1. The molecule has 1 aromatic carbocycles. The SMILES string of the molecule is CCC(N)C(c1cccc(F)c1)N1CCN(C(C)=O)CC1. The second-order valence-corrected chi connectivity index (χ2v) is 5.61. The van der Waals surface area contributed by atoms with Gasteiger partial charge in [0.05, 0.1) is 6.04 Å². The molecule has 2 N–H and O–H groups in total. The molecule has 2 rings (SSSR count). The lowest BCUT2D eigenvalue weighted by molar-refractivity contribution is -0.130. The van der Waals surface area contributed by atoms with Gasteiger partial charge >= 0.3 is 0 Å². The third-order valence-corrected chi connectivity index (χ3v) is 4.22. The summed E-state index contributed by atoms with van der Waals surface area (Å²) in [6.45, 7) is 6.60. The Morgan fingerprint density at radius 3 is 2.52 bits per heavy atom. The first-order chi connectivity index (χ1) is 10.0. The predicted molar refractivity (Wildman–Crippen MR) is 81.2 cm³/mol. The van der Waals surface area contributed by atoms with Gasteiger partial charge in [-0.3, -0.25) is 9.69 Å². The quantitative estimate of drug-likeness (QED) is 0.920. The molecule has 1 fully saturated rings. The zero-order valence-electron chi connectivity index (χ0n) is 12.8. The van der Waals surface area contributed by atoms with Gasteiger partial charge in [0.15, 0.2) is 0 Å². The van der Waals surface area contributed by atoms with E-state index in [4.69, 9.17) is 5.73 Å². The van der Waals surface area contributed by atoms with Crippen LogP contribution < -0.4 is 5.73 Å². The molecule has 0 aromatic heterocycles. The largest absolute Gasteiger partial charge is 0.340 e. The fraction of sp³-hybridized carbons (Fsp3) is 0.562. The van der Waals surface area contributed by atoms with Gasteiger partial charge in [-0.25, -0.2) is 4.39 Å². The molecule has 0 aliphatic carbocycles. The van der Waals surface area contributed by atoms with E-state index in [2.05, 4.69) is 4.90 Å². The second kappa shape index (κ2) is 7.00. The third-order valence-electron chi connectivity index (χ3n) is 4.22. The molecule has 2 atom stereocenters. The summed E-state index contributed by atoms with van der Waals surface area (Å²) in [6.07, 6.45) is 0.827. The van der Waals surface area contributed by atoms with Gasteiger partial charge in [0, 0.05) is 39.1 Å². The van der Waals surface area contributed by atoms with Crippen LogP contribution in [0.25, 0.3) is 0 Å². The van der Waals surface area contributed by atoms with Gasteiger partial charge in [-0.2, -0.15) is 0 Å². The summed E-state index contributed by atoms with van der Waals surface area (Å²) in [4.78, 5) is 15.5. The maximum absolute atomic E-state index is 13.5. The molecule has 116 valence electrons. The van der Waals surface area contributed by atoms with Gasteiger partial charge in [0.1, 0.15) is 5.82 Å². The Kier molecular flexibility index (Phi) is 5.31. The van der Waals surface area contributed by atoms with Crippen LogP contribution in [0.1, 0.15) is 31.9 Å². The molecule has 5 heteroatoms. The van der Waals surface area contributed by atoms with Crippen LogP contribution in [-0.4, -0.2) is 47.9 Å². The number of hydrogen-bond donors (Lipinski definition) is 1. The van der Waals surface area contributed by atoms with Crippen molar-refractivity contribution in [1.29, 1.82) is 0 Å². The Balaban J connectivity index is 2.16. The predicted octanol–water partition coefficient (Wildman–Crippen LogP) is 1.77. The van der Waals surface area contributed by atoms with Gasteiger partial charge in [-0.15, -0.1) is 0 Å². The van der Waals surface area contributed by atoms with Crippen LogP contribution in [0.15, 0.2) is 24.3 Å². The van der Waals surface area contributed by atoms with Crippen molar-refractivity contribution in [1.82, 2.24) is 9.80 Å². The van der Waals surface area contributed by atoms with Gasteiger partial charge in [-0.1, -0.05) is 19.1 Å². The highest BCUT2D eigenvalue weighted by Gasteiger charge is 2.29. The molecule has 1 heterocycles. The average molecular weight is 293 g/mol. The Bertz CT molecular complexity index is 486. The molecule has 2 unspecified atom stereocenters. The summed E-state index contributed by atoms with van der Waals surface area (Å²) in [5.41, 5.74) is 7.20. The van der Waals surface area contributed by atoms with Crippen LogP contribution in [-0.2, 0) is 4.79 Å². The van der Waals surface area contributed by atoms with Gasteiger partial charge in [-0.05, 0) is 24.1 Å². The van der Waals surface area contributed by atoms with Crippen molar-refractivity contribution in [2.24, 2.45) is 5.73 Å². The molecule has 1 amide bonds. The molecule has 0 spiro atoms. The Morgan fingerprint density at radius 1 is 1.33 bits per heavy atom. The minimum absolute atomic E-state index is 0.000178. The number of carbonyl (C=O) groups is 1. The van der Waals surface area contributed by atoms with Crippen molar-refractivity contribution >= 4 is 5.91 Å². The van der Waals surface area contributed by atoms with Crippen LogP contribution in [0.5, 0.6) is 0 Å². The average Bonchev–Trinajstić information content (AvgIpc) is 2.48. The summed E-state index contributed by atoms with van der Waals surface area (Å²) in [7, 11) is 0. The van der Waals surface area contributed by atoms with E-state index in [-0.39, 0.29) is 23.8 Å². The number of nitrogens with zero attached hydrogens (tertiary/aromatic N) is 2. The van der Waals surface area contributed by atoms with Crippen molar-refractivity contribution < 1.29 is 9.18 Å². The molecule has 1 saturated heterocycles. The molecule has 1 aliphatic rings. The van der Waals surface area contributed by atoms with E-state index in [1.165, 1.54) is 6.07 Å². The van der Waals surface area contributed by atoms with Crippen molar-refractivity contribution in [2.75, 3.05) is 26.2 Å². The fourth-order valence-corrected chi connectivity index (χ4v) is 2.96. The first kappa shape index (κ1) is 15.9. The highest BCUT2D eigenvalue weighted by molar-refractivity contribution is 5.73. The van der Waals surface area contributed by atoms with Crippen LogP contribution in [0, 0.1) is 5.82 Å². The lowest BCUT2D eigenvalue weighted by Crippen LogP contribution is -2.52. The van der Waals surface area contributed by atoms with Crippen molar-refractivity contribution in [3.05, 3.63) is 35.6 Å². The smallest absolute Gasteiger partial charge is 0.219 e. The summed E-state index contributed by atoms with van der Waals surface area (Å²) >= 11 is 0. The normalized spacial score (nSPS) is 19.3. The van der Waals surface area contributed by atoms with Crippen LogP contribution in [0.4, 0.5) is 4.39 Å². The first-order valence-electron chi connectivity index (χ1n) is 7.53. The van der Waals surface area contributed by atoms with Crippen molar-refractivity contribution in [3.63, 3.8) is 0 Å². The summed E-state index contributed by atoms with van der Waals surface area (Å²) < 4.78 is 13.5. The van der Waals surface area contributed by atoms with Gasteiger partial charge in [0.2, 0.25) is 5.91 Å². The van der Waals surface area contributed by atoms with E-state index >= 15 is 0 Å². The monoisotopic (exact) mass is 293 g/mol. The summed E-state index contributed by atoms with van der Waals surface area (Å²) in [6, 6.07) is 6.63. The number of benzene rings is 1. The van der Waals surface area contributed by atoms with Crippen molar-refractivity contribution in [2.45, 2.75) is 32.4 Å². The standard InChI is InChI=1S/C16H24FN3O/c1-3-15(18)16(13-5-4-6-14(17)11-13)20-9-7-19(8-10-20)12(2)21/h4-6,11,15-16H,3,7-10,18H2,1-2H3. The minimum atomic E-state index is -0.233. The van der Waals surface area contributed by atoms with Crippen LogP contribution >= 0.6 is 0 Å². The van der Waals surface area contributed by atoms with E-state index in [0.29, 0.717) is 13.1 Å². The summed E-state index contributed by atoms with van der Waals surface area (Å²) in [5, 5.41) is 0. The zero-order valence-corrected chi connectivity index (χ0v) is 12.8. The fourth-order valence-electron chi connectivity index (χ4n) is 2.96. The minimum Gasteiger partial charge on any atom is -0.340 e. The lowest BCUT2D eigenvalue weighted by Gasteiger charge is -2.41. The van der Waals surface area contributed by atoms with Crippen LogP contribution in [0.2, 0.25) is 0 Å². The second-order valence-electron chi connectivity index (χ2n) is 5.61. The van der Waals surface area contributed by atoms with E-state index < -0.39 is 0 Å². The maximum Gasteiger partial charge on any atom is 0.219 e. The molecule has 0 radical (unpaired) electrons. The topological polar surface area (TPSA) is 49.6 Å². The van der Waals surface area contributed by atoms with Gasteiger partial charge < -0.3 is 10.6 Å². The molecule has 1 aromatic rings. The number of carbonyl (C=O) groups excluding carboxylic acids is 1. The molecule has 0 saturated carbocycles. The Hall–Kier alpha value is -1.46. The Morgan fingerprint density at radius 2 is 2.00 bits per heavy atom. The number of hydrogen-bond acceptors (Lipinski definition) is 3. The molecule has 1 aliphatic heterocycles. The number of piperazine rings is 1. The molecule has 4 nitrogen and oxygen atoms in total. The van der Waals surface area contributed by atoms with Gasteiger partial charge in [0.25, 0.3) is 0 Å². The third kappa shape index (κ3) is 3.80. The molecule has 0 bridgehead atoms.